The first-order chi connectivity index (χ1) is 11.1. The number of nitrogens with zero attached hydrogens (tertiary/aromatic N) is 1. The summed E-state index contributed by atoms with van der Waals surface area (Å²) >= 11 is 0. The molecule has 1 unspecified atom stereocenters. The van der Waals surface area contributed by atoms with E-state index >= 15 is 0 Å². The third-order valence-electron chi connectivity index (χ3n) is 4.30. The summed E-state index contributed by atoms with van der Waals surface area (Å²) in [7, 11) is 0. The van der Waals surface area contributed by atoms with E-state index < -0.39 is 0 Å². The van der Waals surface area contributed by atoms with E-state index in [1.165, 1.54) is 5.56 Å². The molecule has 0 aromatic heterocycles. The fourth-order valence-electron chi connectivity index (χ4n) is 3.02. The van der Waals surface area contributed by atoms with E-state index in [0.29, 0.717) is 5.69 Å². The highest BCUT2D eigenvalue weighted by molar-refractivity contribution is 5.94. The molecule has 0 saturated carbocycles. The minimum atomic E-state index is -0.0291. The smallest absolute Gasteiger partial charge is 0.228 e. The normalized spacial score (nSPS) is 18.0. The van der Waals surface area contributed by atoms with E-state index in [-0.39, 0.29) is 17.6 Å². The van der Waals surface area contributed by atoms with Crippen molar-refractivity contribution >= 4 is 11.6 Å². The summed E-state index contributed by atoms with van der Waals surface area (Å²) in [6, 6.07) is 15.5. The number of phenols is 1. The molecular weight excluding hydrogens is 288 g/mol. The van der Waals surface area contributed by atoms with E-state index in [0.717, 1.165) is 31.6 Å². The molecule has 2 N–H and O–H groups in total. The maximum absolute atomic E-state index is 12.4. The molecule has 2 aromatic rings. The van der Waals surface area contributed by atoms with Gasteiger partial charge in [0.25, 0.3) is 0 Å². The molecule has 0 bridgehead atoms. The Kier molecular flexibility index (Phi) is 4.63. The van der Waals surface area contributed by atoms with E-state index in [4.69, 9.17) is 0 Å². The topological polar surface area (TPSA) is 52.6 Å². The number of carbonyl (C=O) groups is 1. The van der Waals surface area contributed by atoms with Crippen molar-refractivity contribution in [3.05, 3.63) is 59.7 Å². The lowest BCUT2D eigenvalue weighted by atomic mass is 10.1. The van der Waals surface area contributed by atoms with Crippen LogP contribution in [0.2, 0.25) is 0 Å². The van der Waals surface area contributed by atoms with Crippen LogP contribution in [-0.2, 0) is 11.3 Å². The van der Waals surface area contributed by atoms with Crippen LogP contribution in [0.1, 0.15) is 17.5 Å². The van der Waals surface area contributed by atoms with Crippen LogP contribution in [0.25, 0.3) is 0 Å². The van der Waals surface area contributed by atoms with Gasteiger partial charge >= 0.3 is 0 Å². The first-order valence-corrected chi connectivity index (χ1v) is 7.98. The average Bonchev–Trinajstić information content (AvgIpc) is 3.00. The lowest BCUT2D eigenvalue weighted by Gasteiger charge is -2.16. The molecule has 1 aliphatic rings. The van der Waals surface area contributed by atoms with Crippen molar-refractivity contribution in [1.29, 1.82) is 0 Å². The molecule has 1 saturated heterocycles. The lowest BCUT2D eigenvalue weighted by molar-refractivity contribution is -0.119. The number of amides is 1. The minimum absolute atomic E-state index is 0.0125. The minimum Gasteiger partial charge on any atom is -0.506 e. The first-order valence-electron chi connectivity index (χ1n) is 7.98. The number of rotatable bonds is 4. The SMILES string of the molecule is Cc1ccc(O)c(NC(=O)C2CCN(Cc3ccccc3)C2)c1. The first kappa shape index (κ1) is 15.6. The molecule has 0 aliphatic carbocycles. The Hall–Kier alpha value is -2.33. The van der Waals surface area contributed by atoms with Gasteiger partial charge in [-0.2, -0.15) is 0 Å². The van der Waals surface area contributed by atoms with Crippen molar-refractivity contribution in [3.63, 3.8) is 0 Å². The van der Waals surface area contributed by atoms with Crippen molar-refractivity contribution in [3.8, 4) is 5.75 Å². The molecule has 0 spiro atoms. The second-order valence-electron chi connectivity index (χ2n) is 6.22. The van der Waals surface area contributed by atoms with Gasteiger partial charge < -0.3 is 10.4 Å². The standard InChI is InChI=1S/C19H22N2O2/c1-14-7-8-18(22)17(11-14)20-19(23)16-9-10-21(13-16)12-15-5-3-2-4-6-15/h2-8,11,16,22H,9-10,12-13H2,1H3,(H,20,23). The van der Waals surface area contributed by atoms with Gasteiger partial charge in [-0.15, -0.1) is 0 Å². The third-order valence-corrected chi connectivity index (χ3v) is 4.30. The van der Waals surface area contributed by atoms with Crippen molar-refractivity contribution in [2.24, 2.45) is 5.92 Å². The number of likely N-dealkylation sites (tertiary alicyclic amines) is 1. The quantitative estimate of drug-likeness (QED) is 0.853. The molecular formula is C19H22N2O2. The summed E-state index contributed by atoms with van der Waals surface area (Å²) in [6.07, 6.45) is 0.852. The monoisotopic (exact) mass is 310 g/mol. The van der Waals surface area contributed by atoms with Crippen molar-refractivity contribution in [2.75, 3.05) is 18.4 Å². The second-order valence-corrected chi connectivity index (χ2v) is 6.22. The zero-order valence-corrected chi connectivity index (χ0v) is 13.3. The van der Waals surface area contributed by atoms with Crippen LogP contribution >= 0.6 is 0 Å². The van der Waals surface area contributed by atoms with Gasteiger partial charge in [-0.05, 0) is 43.1 Å². The molecule has 0 radical (unpaired) electrons. The number of carbonyl (C=O) groups excluding carboxylic acids is 1. The van der Waals surface area contributed by atoms with E-state index in [1.807, 2.05) is 31.2 Å². The molecule has 3 rings (SSSR count). The van der Waals surface area contributed by atoms with Gasteiger partial charge in [0.15, 0.2) is 0 Å². The summed E-state index contributed by atoms with van der Waals surface area (Å²) in [5, 5.41) is 12.7. The molecule has 4 heteroatoms. The van der Waals surface area contributed by atoms with Gasteiger partial charge in [0.2, 0.25) is 5.91 Å². The van der Waals surface area contributed by atoms with Crippen LogP contribution in [0.3, 0.4) is 0 Å². The average molecular weight is 310 g/mol. The molecule has 2 aromatic carbocycles. The van der Waals surface area contributed by atoms with Crippen LogP contribution in [-0.4, -0.2) is 29.0 Å². The highest BCUT2D eigenvalue weighted by Gasteiger charge is 2.28. The fourth-order valence-corrected chi connectivity index (χ4v) is 3.02. The Morgan fingerprint density at radius 2 is 2.04 bits per heavy atom. The summed E-state index contributed by atoms with van der Waals surface area (Å²) < 4.78 is 0. The maximum Gasteiger partial charge on any atom is 0.228 e. The molecule has 1 heterocycles. The number of aromatic hydroxyl groups is 1. The van der Waals surface area contributed by atoms with Gasteiger partial charge in [-0.1, -0.05) is 36.4 Å². The van der Waals surface area contributed by atoms with Crippen LogP contribution in [0.5, 0.6) is 5.75 Å². The largest absolute Gasteiger partial charge is 0.506 e. The van der Waals surface area contributed by atoms with Gasteiger partial charge in [-0.3, -0.25) is 9.69 Å². The molecule has 1 atom stereocenters. The summed E-state index contributed by atoms with van der Waals surface area (Å²) in [5.74, 6) is 0.0724. The Balaban J connectivity index is 1.58. The zero-order chi connectivity index (χ0) is 16.2. The zero-order valence-electron chi connectivity index (χ0n) is 13.3. The predicted octanol–water partition coefficient (Wildman–Crippen LogP) is 3.16. The number of hydrogen-bond donors (Lipinski definition) is 2. The number of phenolic OH excluding ortho intramolecular Hbond substituents is 1. The molecule has 1 fully saturated rings. The fraction of sp³-hybridized carbons (Fsp3) is 0.316. The number of benzene rings is 2. The van der Waals surface area contributed by atoms with Crippen LogP contribution in [0, 0.1) is 12.8 Å². The van der Waals surface area contributed by atoms with Crippen molar-refractivity contribution in [1.82, 2.24) is 4.90 Å². The van der Waals surface area contributed by atoms with Gasteiger partial charge in [0.1, 0.15) is 5.75 Å². The molecule has 120 valence electrons. The predicted molar refractivity (Wildman–Crippen MR) is 91.3 cm³/mol. The Morgan fingerprint density at radius 3 is 2.83 bits per heavy atom. The molecule has 1 amide bonds. The number of aryl methyl sites for hydroxylation is 1. The van der Waals surface area contributed by atoms with Crippen molar-refractivity contribution in [2.45, 2.75) is 19.9 Å². The molecule has 23 heavy (non-hydrogen) atoms. The van der Waals surface area contributed by atoms with Crippen LogP contribution in [0.4, 0.5) is 5.69 Å². The lowest BCUT2D eigenvalue weighted by Crippen LogP contribution is -2.27. The van der Waals surface area contributed by atoms with E-state index in [1.54, 1.807) is 12.1 Å². The third kappa shape index (κ3) is 3.90. The van der Waals surface area contributed by atoms with E-state index in [9.17, 15) is 9.90 Å². The van der Waals surface area contributed by atoms with E-state index in [2.05, 4.69) is 22.3 Å². The number of nitrogens with one attached hydrogen (secondary N) is 1. The van der Waals surface area contributed by atoms with Gasteiger partial charge in [0, 0.05) is 13.1 Å². The van der Waals surface area contributed by atoms with Crippen molar-refractivity contribution < 1.29 is 9.90 Å². The Morgan fingerprint density at radius 1 is 1.26 bits per heavy atom. The van der Waals surface area contributed by atoms with Gasteiger partial charge in [0.05, 0.1) is 11.6 Å². The number of anilines is 1. The molecule has 1 aliphatic heterocycles. The highest BCUT2D eigenvalue weighted by atomic mass is 16.3. The van der Waals surface area contributed by atoms with Crippen LogP contribution < -0.4 is 5.32 Å². The molecule has 4 nitrogen and oxygen atoms in total. The Labute approximate surface area is 136 Å². The summed E-state index contributed by atoms with van der Waals surface area (Å²) in [5.41, 5.74) is 2.77. The second kappa shape index (κ2) is 6.84. The maximum atomic E-state index is 12.4. The summed E-state index contributed by atoms with van der Waals surface area (Å²) in [6.45, 7) is 4.49. The van der Waals surface area contributed by atoms with Crippen LogP contribution in [0.15, 0.2) is 48.5 Å². The highest BCUT2D eigenvalue weighted by Crippen LogP contribution is 2.26. The Bertz CT molecular complexity index is 685. The number of hydrogen-bond acceptors (Lipinski definition) is 3. The van der Waals surface area contributed by atoms with Gasteiger partial charge in [-0.25, -0.2) is 0 Å². The summed E-state index contributed by atoms with van der Waals surface area (Å²) in [4.78, 5) is 14.7.